The molecular weight excluding hydrogens is 248 g/mol. The number of allylic oxidation sites excluding steroid dienone is 1. The van der Waals surface area contributed by atoms with Crippen LogP contribution in [0.15, 0.2) is 17.9 Å². The van der Waals surface area contributed by atoms with Crippen LogP contribution in [0.25, 0.3) is 0 Å². The van der Waals surface area contributed by atoms with E-state index in [4.69, 9.17) is 5.11 Å². The summed E-state index contributed by atoms with van der Waals surface area (Å²) in [5.41, 5.74) is 3.06. The minimum atomic E-state index is -0.738. The van der Waals surface area contributed by atoms with Gasteiger partial charge in [-0.3, -0.25) is 4.79 Å². The molecule has 0 radical (unpaired) electrons. The van der Waals surface area contributed by atoms with Crippen LogP contribution in [0.5, 0.6) is 0 Å². The van der Waals surface area contributed by atoms with Gasteiger partial charge in [-0.2, -0.15) is 0 Å². The number of hydrogen-bond donors (Lipinski definition) is 1. The van der Waals surface area contributed by atoms with E-state index in [0.717, 1.165) is 6.42 Å². The van der Waals surface area contributed by atoms with Gasteiger partial charge in [-0.1, -0.05) is 64.7 Å². The molecule has 0 heterocycles. The Morgan fingerprint density at radius 1 is 0.850 bits per heavy atom. The Hall–Kier alpha value is -1.01. The molecule has 0 bridgehead atoms. The quantitative estimate of drug-likeness (QED) is 0.319. The second-order valence-electron chi connectivity index (χ2n) is 5.48. The first-order valence-electron chi connectivity index (χ1n) is 8.38. The normalized spacial score (nSPS) is 10.1. The van der Waals surface area contributed by atoms with Gasteiger partial charge in [-0.25, -0.2) is 0 Å². The van der Waals surface area contributed by atoms with Gasteiger partial charge in [0.1, 0.15) is 0 Å². The first kappa shape index (κ1) is 19.0. The molecule has 0 aromatic rings. The Morgan fingerprint density at radius 2 is 1.35 bits per heavy atom. The van der Waals surface area contributed by atoms with Gasteiger partial charge < -0.3 is 5.11 Å². The predicted molar refractivity (Wildman–Crippen MR) is 86.0 cm³/mol. The molecule has 0 spiro atoms. The summed E-state index contributed by atoms with van der Waals surface area (Å²) in [5.74, 6) is -0.738. The Balaban J connectivity index is 3.16. The van der Waals surface area contributed by atoms with Gasteiger partial charge in [0, 0.05) is 6.42 Å². The molecule has 1 N–H and O–H groups in total. The summed E-state index contributed by atoms with van der Waals surface area (Å²) in [7, 11) is 0. The Morgan fingerprint density at radius 3 is 1.90 bits per heavy atom. The van der Waals surface area contributed by atoms with Crippen molar-refractivity contribution in [3.8, 4) is 0 Å². The van der Waals surface area contributed by atoms with Crippen molar-refractivity contribution >= 4 is 5.97 Å². The lowest BCUT2D eigenvalue weighted by Crippen LogP contribution is -1.91. The van der Waals surface area contributed by atoms with E-state index in [0.29, 0.717) is 6.42 Å². The molecule has 0 aliphatic carbocycles. The second-order valence-corrected chi connectivity index (χ2v) is 5.48. The Labute approximate surface area is 125 Å². The van der Waals surface area contributed by atoms with Crippen molar-refractivity contribution in [2.45, 2.75) is 90.4 Å². The zero-order chi connectivity index (χ0) is 14.9. The lowest BCUT2D eigenvalue weighted by atomic mass is 10.1. The fourth-order valence-electron chi connectivity index (χ4n) is 2.18. The highest BCUT2D eigenvalue weighted by Gasteiger charge is 1.92. The summed E-state index contributed by atoms with van der Waals surface area (Å²) in [6.07, 6.45) is 19.4. The number of carbonyl (C=O) groups is 1. The summed E-state index contributed by atoms with van der Waals surface area (Å²) < 4.78 is 0. The number of hydrogen-bond acceptors (Lipinski definition) is 1. The first-order chi connectivity index (χ1) is 9.77. The maximum atomic E-state index is 10.3. The first-order valence-corrected chi connectivity index (χ1v) is 8.38. The van der Waals surface area contributed by atoms with Crippen LogP contribution in [0.4, 0.5) is 0 Å². The smallest absolute Gasteiger partial charge is 0.303 e. The molecule has 2 heteroatoms. The molecule has 2 nitrogen and oxygen atoms in total. The largest absolute Gasteiger partial charge is 0.481 e. The molecule has 0 fully saturated rings. The van der Waals surface area contributed by atoms with Crippen LogP contribution in [-0.4, -0.2) is 11.1 Å². The third-order valence-electron chi connectivity index (χ3n) is 3.44. The topological polar surface area (TPSA) is 37.3 Å². The van der Waals surface area contributed by atoms with E-state index in [1.54, 1.807) is 0 Å². The fraction of sp³-hybridized carbons (Fsp3) is 0.778. The minimum absolute atomic E-state index is 0.207. The number of aliphatic carboxylic acids is 1. The lowest BCUT2D eigenvalue weighted by molar-refractivity contribution is -0.136. The van der Waals surface area contributed by atoms with Crippen molar-refractivity contribution < 1.29 is 9.90 Å². The highest BCUT2D eigenvalue weighted by molar-refractivity contribution is 5.66. The molecule has 0 amide bonds. The lowest BCUT2D eigenvalue weighted by Gasteiger charge is -2.00. The zero-order valence-electron chi connectivity index (χ0n) is 13.2. The molecule has 20 heavy (non-hydrogen) atoms. The van der Waals surface area contributed by atoms with Gasteiger partial charge in [0.15, 0.2) is 0 Å². The predicted octanol–water partition coefficient (Wildman–Crippen LogP) is 5.87. The maximum Gasteiger partial charge on any atom is 0.303 e. The van der Waals surface area contributed by atoms with Gasteiger partial charge in [0.05, 0.1) is 0 Å². The standard InChI is InChI=1S/C18H32O2/c1-2-3-4-5-6-7-8-9-10-11-12-13-14-15-16-17-18(19)20/h13,15H,2-12,16-17H2,1H3,(H,19,20). The molecule has 116 valence electrons. The number of unbranched alkanes of at least 4 members (excludes halogenated alkanes) is 10. The van der Waals surface area contributed by atoms with Gasteiger partial charge in [0.2, 0.25) is 0 Å². The van der Waals surface area contributed by atoms with Crippen LogP contribution in [0.3, 0.4) is 0 Å². The molecule has 0 aliphatic rings. The SMILES string of the molecule is CCCCCCCCCCCCC=C=CCCC(=O)O. The molecule has 0 aromatic carbocycles. The minimum Gasteiger partial charge on any atom is -0.481 e. The van der Waals surface area contributed by atoms with Crippen molar-refractivity contribution in [2.24, 2.45) is 0 Å². The van der Waals surface area contributed by atoms with Gasteiger partial charge in [0.25, 0.3) is 0 Å². The maximum absolute atomic E-state index is 10.3. The van der Waals surface area contributed by atoms with E-state index < -0.39 is 5.97 Å². The van der Waals surface area contributed by atoms with Crippen LogP contribution in [0, 0.1) is 0 Å². The van der Waals surface area contributed by atoms with Crippen molar-refractivity contribution in [1.82, 2.24) is 0 Å². The third-order valence-corrected chi connectivity index (χ3v) is 3.44. The van der Waals surface area contributed by atoms with E-state index in [9.17, 15) is 4.79 Å². The summed E-state index contributed by atoms with van der Waals surface area (Å²) in [6, 6.07) is 0. The van der Waals surface area contributed by atoms with E-state index in [-0.39, 0.29) is 6.42 Å². The fourth-order valence-corrected chi connectivity index (χ4v) is 2.18. The zero-order valence-corrected chi connectivity index (χ0v) is 13.2. The summed E-state index contributed by atoms with van der Waals surface area (Å²) >= 11 is 0. The molecule has 0 aromatic heterocycles. The van der Waals surface area contributed by atoms with E-state index in [1.165, 1.54) is 64.2 Å². The van der Waals surface area contributed by atoms with Crippen molar-refractivity contribution in [3.05, 3.63) is 17.9 Å². The number of rotatable bonds is 14. The van der Waals surface area contributed by atoms with Gasteiger partial charge >= 0.3 is 5.97 Å². The summed E-state index contributed by atoms with van der Waals surface area (Å²) in [4.78, 5) is 10.3. The average molecular weight is 280 g/mol. The average Bonchev–Trinajstić information content (AvgIpc) is 2.43. The van der Waals surface area contributed by atoms with Crippen LogP contribution in [0.1, 0.15) is 90.4 Å². The monoisotopic (exact) mass is 280 g/mol. The second kappa shape index (κ2) is 16.0. The van der Waals surface area contributed by atoms with Gasteiger partial charge in [-0.15, -0.1) is 5.73 Å². The van der Waals surface area contributed by atoms with E-state index in [2.05, 4.69) is 12.7 Å². The third kappa shape index (κ3) is 17.0. The Bertz CT molecular complexity index is 275. The summed E-state index contributed by atoms with van der Waals surface area (Å²) in [6.45, 7) is 2.26. The molecular formula is C18H32O2. The van der Waals surface area contributed by atoms with Crippen molar-refractivity contribution in [3.63, 3.8) is 0 Å². The molecule has 0 rings (SSSR count). The molecule has 0 saturated heterocycles. The van der Waals surface area contributed by atoms with Crippen LogP contribution < -0.4 is 0 Å². The highest BCUT2D eigenvalue weighted by atomic mass is 16.4. The number of carboxylic acids is 1. The molecule has 0 aliphatic heterocycles. The van der Waals surface area contributed by atoms with Gasteiger partial charge in [-0.05, 0) is 31.4 Å². The molecule has 0 unspecified atom stereocenters. The van der Waals surface area contributed by atoms with E-state index >= 15 is 0 Å². The van der Waals surface area contributed by atoms with E-state index in [1.807, 2.05) is 12.2 Å². The van der Waals surface area contributed by atoms with Crippen molar-refractivity contribution in [1.29, 1.82) is 0 Å². The molecule has 0 atom stereocenters. The Kier molecular flexibility index (Phi) is 15.2. The summed E-state index contributed by atoms with van der Waals surface area (Å²) in [5, 5.41) is 8.46. The highest BCUT2D eigenvalue weighted by Crippen LogP contribution is 2.11. The van der Waals surface area contributed by atoms with Crippen molar-refractivity contribution in [2.75, 3.05) is 0 Å². The van der Waals surface area contributed by atoms with Crippen LogP contribution >= 0.6 is 0 Å². The van der Waals surface area contributed by atoms with Crippen LogP contribution in [0.2, 0.25) is 0 Å². The van der Waals surface area contributed by atoms with Crippen LogP contribution in [-0.2, 0) is 4.79 Å². The molecule has 0 saturated carbocycles. The number of carboxylic acid groups (broad SMARTS) is 1.